The van der Waals surface area contributed by atoms with E-state index in [1.165, 1.54) is 16.1 Å². The lowest BCUT2D eigenvalue weighted by Gasteiger charge is -2.23. The lowest BCUT2D eigenvalue weighted by molar-refractivity contribution is 0.397. The minimum Gasteiger partial charge on any atom is -0.384 e. The van der Waals surface area contributed by atoms with Gasteiger partial charge >= 0.3 is 0 Å². The smallest absolute Gasteiger partial charge is 0.245 e. The molecule has 0 amide bonds. The number of hydrogen-bond donors (Lipinski definition) is 1. The summed E-state index contributed by atoms with van der Waals surface area (Å²) in [4.78, 5) is 8.37. The molecule has 0 aliphatic rings. The van der Waals surface area contributed by atoms with Crippen molar-refractivity contribution in [1.82, 2.24) is 14.3 Å². The van der Waals surface area contributed by atoms with Crippen LogP contribution in [0.1, 0.15) is 37.6 Å². The molecular formula is C22H26N4O2S. The first-order valence-corrected chi connectivity index (χ1v) is 10.8. The van der Waals surface area contributed by atoms with E-state index in [4.69, 9.17) is 5.73 Å². The van der Waals surface area contributed by atoms with Crippen LogP contribution in [0.15, 0.2) is 71.9 Å². The molecule has 2 heterocycles. The summed E-state index contributed by atoms with van der Waals surface area (Å²) in [6, 6.07) is 16.4. The topological polar surface area (TPSA) is 89.2 Å². The Morgan fingerprint density at radius 1 is 0.966 bits per heavy atom. The maximum atomic E-state index is 13.3. The van der Waals surface area contributed by atoms with Gasteiger partial charge < -0.3 is 5.73 Å². The van der Waals surface area contributed by atoms with Gasteiger partial charge in [0, 0.05) is 18.9 Å². The van der Waals surface area contributed by atoms with Crippen LogP contribution in [0.5, 0.6) is 0 Å². The minimum atomic E-state index is -3.76. The number of hydrogen-bond acceptors (Lipinski definition) is 5. The van der Waals surface area contributed by atoms with E-state index in [0.29, 0.717) is 11.5 Å². The van der Waals surface area contributed by atoms with E-state index in [1.807, 2.05) is 24.3 Å². The van der Waals surface area contributed by atoms with Gasteiger partial charge in [-0.25, -0.2) is 13.4 Å². The number of nitrogens with zero attached hydrogens (tertiary/aromatic N) is 3. The number of benzene rings is 1. The Morgan fingerprint density at radius 3 is 2.28 bits per heavy atom. The zero-order chi connectivity index (χ0) is 21.1. The van der Waals surface area contributed by atoms with Gasteiger partial charge in [0.05, 0.1) is 12.2 Å². The van der Waals surface area contributed by atoms with Crippen molar-refractivity contribution in [2.45, 2.75) is 44.2 Å². The zero-order valence-electron chi connectivity index (χ0n) is 16.9. The first kappa shape index (κ1) is 21.0. The maximum Gasteiger partial charge on any atom is 0.245 e. The Hall–Kier alpha value is -2.77. The first-order valence-electron chi connectivity index (χ1n) is 9.37. The third kappa shape index (κ3) is 5.19. The summed E-state index contributed by atoms with van der Waals surface area (Å²) in [5.74, 6) is 0.357. The van der Waals surface area contributed by atoms with Gasteiger partial charge in [-0.05, 0) is 40.8 Å². The van der Waals surface area contributed by atoms with Crippen molar-refractivity contribution < 1.29 is 8.42 Å². The molecule has 0 fully saturated rings. The normalized spacial score (nSPS) is 12.3. The van der Waals surface area contributed by atoms with Gasteiger partial charge in [-0.1, -0.05) is 51.1 Å². The molecular weight excluding hydrogens is 384 g/mol. The average molecular weight is 411 g/mol. The molecule has 29 heavy (non-hydrogen) atoms. The summed E-state index contributed by atoms with van der Waals surface area (Å²) in [5, 5.41) is 0. The van der Waals surface area contributed by atoms with Gasteiger partial charge in [-0.3, -0.25) is 4.98 Å². The number of nitrogens with two attached hydrogens (primary N) is 1. The van der Waals surface area contributed by atoms with Crippen molar-refractivity contribution in [2.24, 2.45) is 0 Å². The van der Waals surface area contributed by atoms with Crippen LogP contribution in [0.25, 0.3) is 0 Å². The van der Waals surface area contributed by atoms with Crippen LogP contribution in [0, 0.1) is 0 Å². The van der Waals surface area contributed by atoms with Crippen molar-refractivity contribution in [2.75, 3.05) is 5.73 Å². The van der Waals surface area contributed by atoms with Crippen LogP contribution in [-0.2, 0) is 28.5 Å². The Bertz CT molecular complexity index is 1060. The fraction of sp³-hybridized carbons (Fsp3) is 0.273. The Kier molecular flexibility index (Phi) is 6.00. The first-order chi connectivity index (χ1) is 13.7. The van der Waals surface area contributed by atoms with Gasteiger partial charge in [0.2, 0.25) is 10.0 Å². The highest BCUT2D eigenvalue weighted by atomic mass is 32.2. The predicted octanol–water partition coefficient (Wildman–Crippen LogP) is 3.75. The highest BCUT2D eigenvalue weighted by Gasteiger charge is 2.26. The summed E-state index contributed by atoms with van der Waals surface area (Å²) in [5.41, 5.74) is 8.49. The van der Waals surface area contributed by atoms with Crippen LogP contribution in [-0.4, -0.2) is 22.7 Å². The number of rotatable bonds is 6. The highest BCUT2D eigenvalue weighted by molar-refractivity contribution is 7.89. The molecule has 0 aliphatic heterocycles. The van der Waals surface area contributed by atoms with E-state index < -0.39 is 10.0 Å². The second-order valence-corrected chi connectivity index (χ2v) is 9.90. The van der Waals surface area contributed by atoms with Gasteiger partial charge in [-0.15, -0.1) is 0 Å². The Morgan fingerprint density at radius 2 is 1.69 bits per heavy atom. The van der Waals surface area contributed by atoms with Gasteiger partial charge in [0.1, 0.15) is 10.7 Å². The van der Waals surface area contributed by atoms with Crippen LogP contribution < -0.4 is 5.73 Å². The maximum absolute atomic E-state index is 13.3. The van der Waals surface area contributed by atoms with Crippen molar-refractivity contribution in [3.05, 3.63) is 83.8 Å². The standard InChI is InChI=1S/C22H26N4O2S/c1-22(2,3)18-11-9-17(10-12-18)15-26(16-19-6-4-8-21(23)25-19)29(27,28)20-7-5-13-24-14-20/h4-14H,15-16H2,1-3H3,(H2,23,25). The molecule has 6 nitrogen and oxygen atoms in total. The third-order valence-electron chi connectivity index (χ3n) is 4.62. The second kappa shape index (κ2) is 8.31. The fourth-order valence-electron chi connectivity index (χ4n) is 2.96. The van der Waals surface area contributed by atoms with Crippen molar-refractivity contribution in [3.8, 4) is 0 Å². The molecule has 0 saturated carbocycles. The Labute approximate surface area is 172 Å². The molecule has 0 atom stereocenters. The number of nitrogen functional groups attached to an aromatic ring is 1. The lowest BCUT2D eigenvalue weighted by atomic mass is 9.87. The summed E-state index contributed by atoms with van der Waals surface area (Å²) in [6.45, 7) is 6.77. The van der Waals surface area contributed by atoms with Gasteiger partial charge in [0.15, 0.2) is 0 Å². The quantitative estimate of drug-likeness (QED) is 0.668. The summed E-state index contributed by atoms with van der Waals surface area (Å²) < 4.78 is 28.0. The molecule has 0 saturated heterocycles. The minimum absolute atomic E-state index is 0.0332. The molecule has 152 valence electrons. The molecule has 0 unspecified atom stereocenters. The lowest BCUT2D eigenvalue weighted by Crippen LogP contribution is -2.30. The van der Waals surface area contributed by atoms with Crippen LogP contribution in [0.3, 0.4) is 0 Å². The van der Waals surface area contributed by atoms with Gasteiger partial charge in [0.25, 0.3) is 0 Å². The van der Waals surface area contributed by atoms with E-state index in [1.54, 1.807) is 36.5 Å². The average Bonchev–Trinajstić information content (AvgIpc) is 2.68. The van der Waals surface area contributed by atoms with Crippen molar-refractivity contribution in [3.63, 3.8) is 0 Å². The SMILES string of the molecule is CC(C)(C)c1ccc(CN(Cc2cccc(N)n2)S(=O)(=O)c2cccnc2)cc1. The number of anilines is 1. The van der Waals surface area contributed by atoms with Crippen molar-refractivity contribution >= 4 is 15.8 Å². The van der Waals surface area contributed by atoms with E-state index >= 15 is 0 Å². The summed E-state index contributed by atoms with van der Waals surface area (Å²) in [7, 11) is -3.76. The molecule has 3 aromatic rings. The molecule has 0 aliphatic carbocycles. The van der Waals surface area contributed by atoms with E-state index in [-0.39, 0.29) is 23.4 Å². The molecule has 2 aromatic heterocycles. The molecule has 3 rings (SSSR count). The second-order valence-electron chi connectivity index (χ2n) is 7.96. The fourth-order valence-corrected chi connectivity index (χ4v) is 4.32. The molecule has 0 bridgehead atoms. The van der Waals surface area contributed by atoms with Gasteiger partial charge in [-0.2, -0.15) is 4.31 Å². The largest absolute Gasteiger partial charge is 0.384 e. The molecule has 2 N–H and O–H groups in total. The van der Waals surface area contributed by atoms with E-state index in [9.17, 15) is 8.42 Å². The van der Waals surface area contributed by atoms with Crippen LogP contribution >= 0.6 is 0 Å². The molecule has 0 spiro atoms. The van der Waals surface area contributed by atoms with Crippen molar-refractivity contribution in [1.29, 1.82) is 0 Å². The van der Waals surface area contributed by atoms with Crippen LogP contribution in [0.2, 0.25) is 0 Å². The number of aromatic nitrogens is 2. The third-order valence-corrected chi connectivity index (χ3v) is 6.39. The van der Waals surface area contributed by atoms with E-state index in [0.717, 1.165) is 5.56 Å². The molecule has 1 aromatic carbocycles. The summed E-state index contributed by atoms with van der Waals surface area (Å²) >= 11 is 0. The highest BCUT2D eigenvalue weighted by Crippen LogP contribution is 2.24. The molecule has 0 radical (unpaired) electrons. The monoisotopic (exact) mass is 410 g/mol. The number of pyridine rings is 2. The predicted molar refractivity (Wildman–Crippen MR) is 114 cm³/mol. The number of sulfonamides is 1. The Balaban J connectivity index is 1.94. The molecule has 7 heteroatoms. The van der Waals surface area contributed by atoms with Crippen LogP contribution in [0.4, 0.5) is 5.82 Å². The summed E-state index contributed by atoms with van der Waals surface area (Å²) in [6.07, 6.45) is 2.91. The van der Waals surface area contributed by atoms with E-state index in [2.05, 4.69) is 30.7 Å². The zero-order valence-corrected chi connectivity index (χ0v) is 17.7.